The molecule has 1 aromatic carbocycles. The number of carbonyl (C=O) groups excluding carboxylic acids is 1. The number of piperidine rings is 1. The van der Waals surface area contributed by atoms with Crippen molar-refractivity contribution in [3.05, 3.63) is 29.8 Å². The van der Waals surface area contributed by atoms with Gasteiger partial charge in [-0.1, -0.05) is 12.1 Å². The third kappa shape index (κ3) is 5.20. The molecule has 128 valence electrons. The summed E-state index contributed by atoms with van der Waals surface area (Å²) in [4.78, 5) is 13.8. The van der Waals surface area contributed by atoms with E-state index < -0.39 is 6.10 Å². The largest absolute Gasteiger partial charge is 0.497 e. The zero-order valence-electron chi connectivity index (χ0n) is 13.8. The number of rotatable bonds is 7. The van der Waals surface area contributed by atoms with E-state index in [1.54, 1.807) is 14.2 Å². The minimum Gasteiger partial charge on any atom is -0.497 e. The third-order valence-corrected chi connectivity index (χ3v) is 4.21. The second-order valence-electron chi connectivity index (χ2n) is 5.81. The summed E-state index contributed by atoms with van der Waals surface area (Å²) in [6.07, 6.45) is 0.364. The van der Waals surface area contributed by atoms with Crippen molar-refractivity contribution in [2.75, 3.05) is 47.0 Å². The number of benzene rings is 1. The molecule has 2 N–H and O–H groups in total. The van der Waals surface area contributed by atoms with Gasteiger partial charge in [0.25, 0.3) is 0 Å². The Balaban J connectivity index is 1.83. The van der Waals surface area contributed by atoms with E-state index >= 15 is 0 Å². The zero-order chi connectivity index (χ0) is 16.7. The van der Waals surface area contributed by atoms with Crippen LogP contribution in [-0.2, 0) is 9.53 Å². The number of β-amino-alcohol motifs (C(OH)–C–C–N with tert-alkyl or cyclic N) is 1. The number of amides is 1. The Bertz CT molecular complexity index is 492. The van der Waals surface area contributed by atoms with E-state index in [0.29, 0.717) is 26.2 Å². The van der Waals surface area contributed by atoms with Crippen molar-refractivity contribution >= 4 is 5.91 Å². The Morgan fingerprint density at radius 3 is 2.70 bits per heavy atom. The monoisotopic (exact) mass is 322 g/mol. The van der Waals surface area contributed by atoms with Gasteiger partial charge in [-0.2, -0.15) is 0 Å². The van der Waals surface area contributed by atoms with E-state index in [9.17, 15) is 9.90 Å². The molecule has 0 bridgehead atoms. The van der Waals surface area contributed by atoms with Crippen molar-refractivity contribution in [1.82, 2.24) is 10.2 Å². The Kier molecular flexibility index (Phi) is 6.83. The summed E-state index contributed by atoms with van der Waals surface area (Å²) in [7, 11) is 3.24. The number of nitrogens with one attached hydrogen (secondary N) is 1. The molecule has 0 aromatic heterocycles. The smallest absolute Gasteiger partial charge is 0.234 e. The van der Waals surface area contributed by atoms with Gasteiger partial charge in [-0.25, -0.2) is 0 Å². The molecule has 6 nitrogen and oxygen atoms in total. The molecular weight excluding hydrogens is 296 g/mol. The van der Waals surface area contributed by atoms with Crippen LogP contribution < -0.4 is 10.1 Å². The lowest BCUT2D eigenvalue weighted by Gasteiger charge is -2.35. The average molecular weight is 322 g/mol. The van der Waals surface area contributed by atoms with Crippen LogP contribution in [0.15, 0.2) is 24.3 Å². The lowest BCUT2D eigenvalue weighted by Crippen LogP contribution is -2.47. The van der Waals surface area contributed by atoms with Crippen molar-refractivity contribution in [2.24, 2.45) is 0 Å². The highest BCUT2D eigenvalue weighted by molar-refractivity contribution is 5.78. The first kappa shape index (κ1) is 17.7. The van der Waals surface area contributed by atoms with Crippen molar-refractivity contribution in [3.63, 3.8) is 0 Å². The first-order valence-corrected chi connectivity index (χ1v) is 7.94. The second kappa shape index (κ2) is 8.86. The molecule has 2 atom stereocenters. The molecule has 0 spiro atoms. The van der Waals surface area contributed by atoms with Crippen LogP contribution in [0, 0.1) is 0 Å². The minimum absolute atomic E-state index is 0.0304. The fraction of sp³-hybridized carbons (Fsp3) is 0.588. The van der Waals surface area contributed by atoms with Gasteiger partial charge in [-0.05, 0) is 30.7 Å². The predicted molar refractivity (Wildman–Crippen MR) is 87.7 cm³/mol. The number of likely N-dealkylation sites (tertiary alicyclic amines) is 1. The first-order chi connectivity index (χ1) is 11.1. The summed E-state index contributed by atoms with van der Waals surface area (Å²) in [5, 5.41) is 13.2. The molecule has 0 radical (unpaired) electrons. The van der Waals surface area contributed by atoms with Crippen LogP contribution >= 0.6 is 0 Å². The summed E-state index contributed by atoms with van der Waals surface area (Å²) < 4.78 is 10.1. The van der Waals surface area contributed by atoms with Gasteiger partial charge in [0.05, 0.1) is 26.4 Å². The normalized spacial score (nSPS) is 21.9. The third-order valence-electron chi connectivity index (χ3n) is 4.21. The number of hydrogen-bond acceptors (Lipinski definition) is 5. The number of nitrogens with zero attached hydrogens (tertiary/aromatic N) is 1. The highest BCUT2D eigenvalue weighted by atomic mass is 16.5. The summed E-state index contributed by atoms with van der Waals surface area (Å²) in [5.41, 5.74) is 1.11. The Hall–Kier alpha value is -1.63. The average Bonchev–Trinajstić information content (AvgIpc) is 2.55. The van der Waals surface area contributed by atoms with Crippen molar-refractivity contribution < 1.29 is 19.4 Å². The van der Waals surface area contributed by atoms with Gasteiger partial charge in [0, 0.05) is 26.1 Å². The van der Waals surface area contributed by atoms with E-state index in [1.165, 1.54) is 0 Å². The van der Waals surface area contributed by atoms with E-state index in [2.05, 4.69) is 5.32 Å². The van der Waals surface area contributed by atoms with Crippen LogP contribution in [0.4, 0.5) is 0 Å². The Morgan fingerprint density at radius 1 is 1.35 bits per heavy atom. The molecule has 1 amide bonds. The van der Waals surface area contributed by atoms with Gasteiger partial charge in [0.2, 0.25) is 5.91 Å². The molecule has 0 saturated carbocycles. The minimum atomic E-state index is -0.469. The SMILES string of the molecule is COCCNC(=O)CN1CC[C@H](c2ccc(OC)cc2)[C@H](O)C1. The lowest BCUT2D eigenvalue weighted by molar-refractivity contribution is -0.123. The number of carbonyl (C=O) groups is 1. The number of aliphatic hydroxyl groups excluding tert-OH is 1. The molecule has 1 aliphatic heterocycles. The highest BCUT2D eigenvalue weighted by Gasteiger charge is 2.29. The van der Waals surface area contributed by atoms with E-state index in [4.69, 9.17) is 9.47 Å². The second-order valence-corrected chi connectivity index (χ2v) is 5.81. The van der Waals surface area contributed by atoms with E-state index in [0.717, 1.165) is 24.3 Å². The standard InChI is InChI=1S/C17H26N2O4/c1-22-10-8-18-17(21)12-19-9-7-15(16(20)11-19)13-3-5-14(23-2)6-4-13/h3-6,15-16,20H,7-12H2,1-2H3,(H,18,21)/t15-,16-/m1/s1. The molecule has 1 heterocycles. The molecule has 1 aliphatic rings. The van der Waals surface area contributed by atoms with Crippen molar-refractivity contribution in [3.8, 4) is 5.75 Å². The topological polar surface area (TPSA) is 71.0 Å². The molecular formula is C17H26N2O4. The summed E-state index contributed by atoms with van der Waals surface area (Å²) in [6.45, 7) is 2.64. The quantitative estimate of drug-likeness (QED) is 0.720. The lowest BCUT2D eigenvalue weighted by atomic mass is 9.87. The van der Waals surface area contributed by atoms with E-state index in [1.807, 2.05) is 29.2 Å². The van der Waals surface area contributed by atoms with Gasteiger partial charge < -0.3 is 19.9 Å². The maximum Gasteiger partial charge on any atom is 0.234 e. The fourth-order valence-corrected chi connectivity index (χ4v) is 2.93. The van der Waals surface area contributed by atoms with Crippen LogP contribution in [0.3, 0.4) is 0 Å². The molecule has 1 aromatic rings. The maximum absolute atomic E-state index is 11.8. The van der Waals surface area contributed by atoms with Crippen LogP contribution in [0.2, 0.25) is 0 Å². The molecule has 0 unspecified atom stereocenters. The highest BCUT2D eigenvalue weighted by Crippen LogP contribution is 2.29. The van der Waals surface area contributed by atoms with Gasteiger partial charge in [-0.15, -0.1) is 0 Å². The summed E-state index contributed by atoms with van der Waals surface area (Å²) in [5.74, 6) is 0.888. The van der Waals surface area contributed by atoms with Gasteiger partial charge in [0.15, 0.2) is 0 Å². The van der Waals surface area contributed by atoms with Gasteiger partial charge >= 0.3 is 0 Å². The van der Waals surface area contributed by atoms with Crippen LogP contribution in [0.25, 0.3) is 0 Å². The number of hydrogen-bond donors (Lipinski definition) is 2. The van der Waals surface area contributed by atoms with Crippen LogP contribution in [-0.4, -0.2) is 69.0 Å². The molecule has 0 aliphatic carbocycles. The zero-order valence-corrected chi connectivity index (χ0v) is 13.8. The number of methoxy groups -OCH3 is 2. The first-order valence-electron chi connectivity index (χ1n) is 7.94. The molecule has 1 saturated heterocycles. The van der Waals surface area contributed by atoms with Crippen molar-refractivity contribution in [2.45, 2.75) is 18.4 Å². The van der Waals surface area contributed by atoms with Gasteiger partial charge in [0.1, 0.15) is 5.75 Å². The molecule has 2 rings (SSSR count). The Labute approximate surface area is 137 Å². The number of ether oxygens (including phenoxy) is 2. The molecule has 1 fully saturated rings. The van der Waals surface area contributed by atoms with E-state index in [-0.39, 0.29) is 11.8 Å². The van der Waals surface area contributed by atoms with Crippen LogP contribution in [0.1, 0.15) is 17.9 Å². The summed E-state index contributed by atoms with van der Waals surface area (Å²) >= 11 is 0. The predicted octanol–water partition coefficient (Wildman–Crippen LogP) is 0.608. The van der Waals surface area contributed by atoms with Crippen molar-refractivity contribution in [1.29, 1.82) is 0 Å². The number of aliphatic hydroxyl groups is 1. The fourth-order valence-electron chi connectivity index (χ4n) is 2.93. The molecule has 6 heteroatoms. The summed E-state index contributed by atoms with van der Waals surface area (Å²) in [6, 6.07) is 7.83. The van der Waals surface area contributed by atoms with Gasteiger partial charge in [-0.3, -0.25) is 9.69 Å². The molecule has 23 heavy (non-hydrogen) atoms. The Morgan fingerprint density at radius 2 is 2.09 bits per heavy atom. The maximum atomic E-state index is 11.8. The van der Waals surface area contributed by atoms with Crippen LogP contribution in [0.5, 0.6) is 5.75 Å².